The summed E-state index contributed by atoms with van der Waals surface area (Å²) in [6, 6.07) is 21.9. The first-order valence-corrected chi connectivity index (χ1v) is 4.60. The van der Waals surface area contributed by atoms with E-state index in [4.69, 9.17) is 0 Å². The lowest BCUT2D eigenvalue weighted by Gasteiger charge is -1.88. The summed E-state index contributed by atoms with van der Waals surface area (Å²) in [4.78, 5) is 4.48. The van der Waals surface area contributed by atoms with Crippen molar-refractivity contribution in [2.45, 2.75) is 0 Å². The van der Waals surface area contributed by atoms with Crippen LogP contribution in [0.15, 0.2) is 71.7 Å². The molecule has 0 spiro atoms. The first-order chi connectivity index (χ1) is 6.95. The van der Waals surface area contributed by atoms with Crippen molar-refractivity contribution in [3.8, 4) is 0 Å². The maximum absolute atomic E-state index is 4.48. The zero-order chi connectivity index (χ0) is 9.64. The molecule has 0 amide bonds. The van der Waals surface area contributed by atoms with E-state index in [9.17, 15) is 0 Å². The van der Waals surface area contributed by atoms with Crippen molar-refractivity contribution in [1.29, 1.82) is 0 Å². The predicted octanol–water partition coefficient (Wildman–Crippen LogP) is 2.92. The molecular weight excluding hydrogens is 170 g/mol. The summed E-state index contributed by atoms with van der Waals surface area (Å²) >= 11 is 0. The second kappa shape index (κ2) is 4.38. The van der Waals surface area contributed by atoms with Crippen LogP contribution in [0.2, 0.25) is 0 Å². The van der Waals surface area contributed by atoms with Crippen molar-refractivity contribution < 1.29 is 0 Å². The fraction of sp³-hybridized carbons (Fsp3) is 0. The maximum Gasteiger partial charge on any atom is 0.0636 e. The molecule has 0 saturated heterocycles. The molecule has 2 aromatic rings. The monoisotopic (exact) mass is 181 g/mol. The van der Waals surface area contributed by atoms with E-state index in [1.807, 2.05) is 66.7 Å². The summed E-state index contributed by atoms with van der Waals surface area (Å²) in [5, 5.41) is 0.973. The molecule has 0 aliphatic heterocycles. The Kier molecular flexibility index (Phi) is 2.72. The summed E-state index contributed by atoms with van der Waals surface area (Å²) in [5.74, 6) is 0. The van der Waals surface area contributed by atoms with Gasteiger partial charge in [0.15, 0.2) is 0 Å². The predicted molar refractivity (Wildman–Crippen MR) is 58.1 cm³/mol. The molecule has 1 nitrogen and oxygen atoms in total. The van der Waals surface area contributed by atoms with Crippen LogP contribution in [0.3, 0.4) is 0 Å². The molecule has 14 heavy (non-hydrogen) atoms. The lowest BCUT2D eigenvalue weighted by atomic mass is 10.3. The summed E-state index contributed by atoms with van der Waals surface area (Å²) < 4.78 is 0. The van der Waals surface area contributed by atoms with Gasteiger partial charge < -0.3 is 0 Å². The standard InChI is InChI=1S/C13H11N/c1-2-5-9-12(8-4-1)14-13-10-6-3-7-11-13/h1-11H. The smallest absolute Gasteiger partial charge is 0.0636 e. The lowest BCUT2D eigenvalue weighted by molar-refractivity contribution is 1.36. The van der Waals surface area contributed by atoms with Crippen LogP contribution in [0.4, 0.5) is 5.69 Å². The summed E-state index contributed by atoms with van der Waals surface area (Å²) in [6.45, 7) is 0. The minimum Gasteiger partial charge on any atom is -0.249 e. The van der Waals surface area contributed by atoms with Gasteiger partial charge in [-0.2, -0.15) is 0 Å². The van der Waals surface area contributed by atoms with Gasteiger partial charge >= 0.3 is 0 Å². The van der Waals surface area contributed by atoms with Crippen molar-refractivity contribution in [2.75, 3.05) is 0 Å². The van der Waals surface area contributed by atoms with Crippen molar-refractivity contribution >= 4 is 5.69 Å². The molecule has 0 fully saturated rings. The number of benzene rings is 1. The van der Waals surface area contributed by atoms with E-state index < -0.39 is 0 Å². The third kappa shape index (κ3) is 2.30. The van der Waals surface area contributed by atoms with Crippen LogP contribution in [0.5, 0.6) is 0 Å². The Labute approximate surface area is 83.4 Å². The number of nitrogens with zero attached hydrogens (tertiary/aromatic N) is 1. The van der Waals surface area contributed by atoms with E-state index in [1.165, 1.54) is 0 Å². The minimum absolute atomic E-state index is 0.973. The third-order valence-electron chi connectivity index (χ3n) is 1.88. The van der Waals surface area contributed by atoms with Crippen LogP contribution in [-0.4, -0.2) is 0 Å². The molecule has 0 N–H and O–H groups in total. The number of hydrogen-bond acceptors (Lipinski definition) is 1. The molecule has 68 valence electrons. The zero-order valence-corrected chi connectivity index (χ0v) is 7.80. The van der Waals surface area contributed by atoms with E-state index in [0.29, 0.717) is 0 Å². The highest BCUT2D eigenvalue weighted by molar-refractivity contribution is 5.35. The average molecular weight is 181 g/mol. The zero-order valence-electron chi connectivity index (χ0n) is 7.80. The number of rotatable bonds is 1. The molecule has 2 rings (SSSR count). The highest BCUT2D eigenvalue weighted by atomic mass is 14.7. The van der Waals surface area contributed by atoms with Gasteiger partial charge in [-0.1, -0.05) is 42.5 Å². The summed E-state index contributed by atoms with van der Waals surface area (Å²) in [6.07, 6.45) is 0. The molecule has 0 heterocycles. The number of hydrogen-bond donors (Lipinski definition) is 0. The van der Waals surface area contributed by atoms with Gasteiger partial charge in [-0.25, -0.2) is 4.99 Å². The Morgan fingerprint density at radius 2 is 1.07 bits per heavy atom. The minimum atomic E-state index is 0.973. The van der Waals surface area contributed by atoms with Crippen LogP contribution in [0, 0.1) is 0 Å². The number of para-hydroxylation sites is 1. The Morgan fingerprint density at radius 3 is 1.71 bits per heavy atom. The Morgan fingerprint density at radius 1 is 0.571 bits per heavy atom. The SMILES string of the molecule is c1ccc(N=c2cccccc2)cc1. The van der Waals surface area contributed by atoms with E-state index in [2.05, 4.69) is 4.99 Å². The van der Waals surface area contributed by atoms with Gasteiger partial charge in [0.05, 0.1) is 11.0 Å². The van der Waals surface area contributed by atoms with Crippen LogP contribution in [0.1, 0.15) is 0 Å². The quantitative estimate of drug-likeness (QED) is 0.641. The van der Waals surface area contributed by atoms with E-state index in [0.717, 1.165) is 11.0 Å². The summed E-state index contributed by atoms with van der Waals surface area (Å²) in [7, 11) is 0. The molecule has 0 aromatic heterocycles. The molecule has 0 bridgehead atoms. The van der Waals surface area contributed by atoms with E-state index in [1.54, 1.807) is 0 Å². The lowest BCUT2D eigenvalue weighted by Crippen LogP contribution is -1.93. The Balaban J connectivity index is 2.47. The molecule has 0 unspecified atom stereocenters. The molecule has 0 aliphatic rings. The molecular formula is C13H11N. The second-order valence-electron chi connectivity index (χ2n) is 2.98. The van der Waals surface area contributed by atoms with Crippen molar-refractivity contribution in [3.05, 3.63) is 72.1 Å². The van der Waals surface area contributed by atoms with Gasteiger partial charge in [0.2, 0.25) is 0 Å². The van der Waals surface area contributed by atoms with Crippen LogP contribution < -0.4 is 5.36 Å². The van der Waals surface area contributed by atoms with Gasteiger partial charge in [-0.15, -0.1) is 0 Å². The van der Waals surface area contributed by atoms with Gasteiger partial charge in [0.25, 0.3) is 0 Å². The second-order valence-corrected chi connectivity index (χ2v) is 2.98. The van der Waals surface area contributed by atoms with Crippen molar-refractivity contribution in [2.24, 2.45) is 4.99 Å². The highest BCUT2D eigenvalue weighted by Crippen LogP contribution is 2.07. The first-order valence-electron chi connectivity index (χ1n) is 4.60. The third-order valence-corrected chi connectivity index (χ3v) is 1.88. The maximum atomic E-state index is 4.48. The largest absolute Gasteiger partial charge is 0.249 e. The van der Waals surface area contributed by atoms with Gasteiger partial charge in [-0.3, -0.25) is 0 Å². The average Bonchev–Trinajstić information content (AvgIpc) is 2.48. The van der Waals surface area contributed by atoms with Crippen LogP contribution >= 0.6 is 0 Å². The van der Waals surface area contributed by atoms with Crippen molar-refractivity contribution in [1.82, 2.24) is 0 Å². The van der Waals surface area contributed by atoms with Gasteiger partial charge in [-0.05, 0) is 24.3 Å². The topological polar surface area (TPSA) is 12.4 Å². The van der Waals surface area contributed by atoms with E-state index in [-0.39, 0.29) is 0 Å². The molecule has 2 aromatic carbocycles. The van der Waals surface area contributed by atoms with Gasteiger partial charge in [0, 0.05) is 0 Å². The fourth-order valence-corrected chi connectivity index (χ4v) is 1.22. The normalized spacial score (nSPS) is 9.43. The van der Waals surface area contributed by atoms with Crippen LogP contribution in [0.25, 0.3) is 0 Å². The van der Waals surface area contributed by atoms with E-state index >= 15 is 0 Å². The van der Waals surface area contributed by atoms with Crippen molar-refractivity contribution in [3.63, 3.8) is 0 Å². The molecule has 0 radical (unpaired) electrons. The Hall–Kier alpha value is -1.89. The molecule has 0 atom stereocenters. The highest BCUT2D eigenvalue weighted by Gasteiger charge is 1.83. The summed E-state index contributed by atoms with van der Waals surface area (Å²) in [5.41, 5.74) is 0.985. The molecule has 1 heteroatoms. The van der Waals surface area contributed by atoms with Gasteiger partial charge in [0.1, 0.15) is 0 Å². The fourth-order valence-electron chi connectivity index (χ4n) is 1.22. The first kappa shape index (κ1) is 8.70. The molecule has 0 aliphatic carbocycles. The Bertz CT molecular complexity index is 439. The molecule has 0 saturated carbocycles. The van der Waals surface area contributed by atoms with Crippen LogP contribution in [-0.2, 0) is 0 Å².